The third-order valence-corrected chi connectivity index (χ3v) is 4.81. The fourth-order valence-electron chi connectivity index (χ4n) is 3.61. The molecule has 0 N–H and O–H groups in total. The highest BCUT2D eigenvalue weighted by atomic mass is 35.5. The molecule has 0 radical (unpaired) electrons. The molecule has 1 fully saturated rings. The second-order valence-corrected chi connectivity index (χ2v) is 6.39. The number of rotatable bonds is 2. The van der Waals surface area contributed by atoms with Crippen LogP contribution in [-0.2, 0) is 13.0 Å². The highest BCUT2D eigenvalue weighted by Gasteiger charge is 2.40. The molecule has 21 heavy (non-hydrogen) atoms. The Labute approximate surface area is 129 Å². The zero-order chi connectivity index (χ0) is 14.4. The summed E-state index contributed by atoms with van der Waals surface area (Å²) in [4.78, 5) is 15.7. The van der Waals surface area contributed by atoms with Crippen molar-refractivity contribution in [3.8, 4) is 0 Å². The summed E-state index contributed by atoms with van der Waals surface area (Å²) in [6.45, 7) is 2.82. The maximum atomic E-state index is 6.14. The Morgan fingerprint density at radius 3 is 2.81 bits per heavy atom. The summed E-state index contributed by atoms with van der Waals surface area (Å²) >= 11 is 6.14. The van der Waals surface area contributed by atoms with Gasteiger partial charge in [-0.05, 0) is 31.4 Å². The van der Waals surface area contributed by atoms with Gasteiger partial charge in [0.1, 0.15) is 5.82 Å². The van der Waals surface area contributed by atoms with Gasteiger partial charge >= 0.3 is 0 Å². The first-order valence-corrected chi connectivity index (χ1v) is 7.76. The molecule has 2 bridgehead atoms. The lowest BCUT2D eigenvalue weighted by Crippen LogP contribution is -2.37. The average molecular weight is 301 g/mol. The van der Waals surface area contributed by atoms with Gasteiger partial charge in [0, 0.05) is 54.9 Å². The lowest BCUT2D eigenvalue weighted by Gasteiger charge is -2.35. The highest BCUT2D eigenvalue weighted by Crippen LogP contribution is 2.44. The van der Waals surface area contributed by atoms with Crippen LogP contribution in [0.2, 0.25) is 5.02 Å². The first-order chi connectivity index (χ1) is 10.2. The number of halogens is 1. The van der Waals surface area contributed by atoms with Gasteiger partial charge in [-0.1, -0.05) is 11.6 Å². The molecular formula is C16H17ClN4. The SMILES string of the molecule is Cc1ncc(CN2C3CCC2c2cc(Cl)cnc2C3)cn1. The van der Waals surface area contributed by atoms with Gasteiger partial charge in [-0.15, -0.1) is 0 Å². The Balaban J connectivity index is 1.64. The van der Waals surface area contributed by atoms with Crippen LogP contribution in [0.3, 0.4) is 0 Å². The van der Waals surface area contributed by atoms with E-state index in [2.05, 4.69) is 25.9 Å². The minimum absolute atomic E-state index is 0.436. The second-order valence-electron chi connectivity index (χ2n) is 5.95. The number of aromatic nitrogens is 3. The van der Waals surface area contributed by atoms with Crippen LogP contribution in [0.25, 0.3) is 0 Å². The van der Waals surface area contributed by atoms with Crippen molar-refractivity contribution >= 4 is 11.6 Å². The zero-order valence-corrected chi connectivity index (χ0v) is 12.7. The Morgan fingerprint density at radius 1 is 1.19 bits per heavy atom. The van der Waals surface area contributed by atoms with Crippen molar-refractivity contribution < 1.29 is 0 Å². The summed E-state index contributed by atoms with van der Waals surface area (Å²) in [6, 6.07) is 3.11. The van der Waals surface area contributed by atoms with Crippen molar-refractivity contribution in [1.82, 2.24) is 19.9 Å². The summed E-state index contributed by atoms with van der Waals surface area (Å²) < 4.78 is 0. The maximum Gasteiger partial charge on any atom is 0.125 e. The van der Waals surface area contributed by atoms with E-state index < -0.39 is 0 Å². The van der Waals surface area contributed by atoms with E-state index in [0.717, 1.165) is 23.8 Å². The third-order valence-electron chi connectivity index (χ3n) is 4.60. The molecule has 0 aliphatic carbocycles. The number of fused-ring (bicyclic) bond motifs is 4. The van der Waals surface area contributed by atoms with Crippen LogP contribution in [0.1, 0.15) is 41.5 Å². The fourth-order valence-corrected chi connectivity index (χ4v) is 3.77. The van der Waals surface area contributed by atoms with Gasteiger partial charge in [0.15, 0.2) is 0 Å². The predicted octanol–water partition coefficient (Wildman–Crippen LogP) is 3.10. The number of nitrogens with zero attached hydrogens (tertiary/aromatic N) is 4. The van der Waals surface area contributed by atoms with Crippen molar-refractivity contribution in [3.05, 3.63) is 52.3 Å². The van der Waals surface area contributed by atoms with E-state index in [1.165, 1.54) is 29.7 Å². The normalized spacial score (nSPS) is 24.1. The standard InChI is InChI=1S/C16H17ClN4/c1-10-18-6-11(7-19-10)9-21-13-2-3-16(21)14-4-12(17)8-20-15(14)5-13/h4,6-8,13,16H,2-3,5,9H2,1H3. The van der Waals surface area contributed by atoms with Crippen molar-refractivity contribution in [2.45, 2.75) is 44.8 Å². The molecule has 2 aliphatic rings. The molecule has 108 valence electrons. The Morgan fingerprint density at radius 2 is 2.00 bits per heavy atom. The second kappa shape index (κ2) is 5.04. The molecule has 2 aromatic heterocycles. The molecule has 2 aliphatic heterocycles. The van der Waals surface area contributed by atoms with E-state index in [4.69, 9.17) is 11.6 Å². The lowest BCUT2D eigenvalue weighted by atomic mass is 9.97. The van der Waals surface area contributed by atoms with Crippen molar-refractivity contribution in [2.75, 3.05) is 0 Å². The quantitative estimate of drug-likeness (QED) is 0.854. The summed E-state index contributed by atoms with van der Waals surface area (Å²) in [5.41, 5.74) is 3.71. The first-order valence-electron chi connectivity index (χ1n) is 7.38. The van der Waals surface area contributed by atoms with Crippen LogP contribution < -0.4 is 0 Å². The van der Waals surface area contributed by atoms with Gasteiger partial charge in [-0.2, -0.15) is 0 Å². The van der Waals surface area contributed by atoms with Crippen molar-refractivity contribution in [3.63, 3.8) is 0 Å². The molecule has 0 aromatic carbocycles. The monoisotopic (exact) mass is 300 g/mol. The summed E-state index contributed by atoms with van der Waals surface area (Å²) in [7, 11) is 0. The van der Waals surface area contributed by atoms with E-state index in [0.29, 0.717) is 12.1 Å². The van der Waals surface area contributed by atoms with Crippen LogP contribution in [0.15, 0.2) is 24.7 Å². The molecule has 2 aromatic rings. The molecule has 0 saturated carbocycles. The van der Waals surface area contributed by atoms with Gasteiger partial charge < -0.3 is 0 Å². The minimum Gasteiger partial charge on any atom is -0.289 e. The van der Waals surface area contributed by atoms with E-state index in [-0.39, 0.29) is 0 Å². The van der Waals surface area contributed by atoms with Crippen molar-refractivity contribution in [1.29, 1.82) is 0 Å². The van der Waals surface area contributed by atoms with Gasteiger partial charge in [0.05, 0.1) is 5.02 Å². The van der Waals surface area contributed by atoms with Crippen LogP contribution in [0, 0.1) is 6.92 Å². The maximum absolute atomic E-state index is 6.14. The van der Waals surface area contributed by atoms with E-state index in [9.17, 15) is 0 Å². The lowest BCUT2D eigenvalue weighted by molar-refractivity contribution is 0.166. The topological polar surface area (TPSA) is 41.9 Å². The Kier molecular flexibility index (Phi) is 3.16. The molecule has 5 heteroatoms. The number of aryl methyl sites for hydroxylation is 1. The molecule has 0 spiro atoms. The minimum atomic E-state index is 0.436. The zero-order valence-electron chi connectivity index (χ0n) is 12.0. The number of pyridine rings is 1. The molecular weight excluding hydrogens is 284 g/mol. The van der Waals surface area contributed by atoms with E-state index >= 15 is 0 Å². The summed E-state index contributed by atoms with van der Waals surface area (Å²) in [6.07, 6.45) is 9.08. The molecule has 1 saturated heterocycles. The van der Waals surface area contributed by atoms with Crippen LogP contribution in [-0.4, -0.2) is 25.9 Å². The average Bonchev–Trinajstić information content (AvgIpc) is 2.75. The van der Waals surface area contributed by atoms with Crippen LogP contribution in [0.5, 0.6) is 0 Å². The van der Waals surface area contributed by atoms with Gasteiger partial charge in [-0.25, -0.2) is 9.97 Å². The van der Waals surface area contributed by atoms with Gasteiger partial charge in [-0.3, -0.25) is 9.88 Å². The molecule has 0 amide bonds. The molecule has 4 nitrogen and oxygen atoms in total. The van der Waals surface area contributed by atoms with Gasteiger partial charge in [0.2, 0.25) is 0 Å². The number of hydrogen-bond donors (Lipinski definition) is 0. The fraction of sp³-hybridized carbons (Fsp3) is 0.438. The highest BCUT2D eigenvalue weighted by molar-refractivity contribution is 6.30. The van der Waals surface area contributed by atoms with Crippen LogP contribution >= 0.6 is 11.6 Å². The summed E-state index contributed by atoms with van der Waals surface area (Å²) in [5.74, 6) is 0.821. The Bertz CT molecular complexity index is 670. The molecule has 2 unspecified atom stereocenters. The van der Waals surface area contributed by atoms with E-state index in [1.807, 2.05) is 19.3 Å². The largest absolute Gasteiger partial charge is 0.289 e. The van der Waals surface area contributed by atoms with E-state index in [1.54, 1.807) is 6.20 Å². The molecule has 4 rings (SSSR count). The van der Waals surface area contributed by atoms with Crippen LogP contribution in [0.4, 0.5) is 0 Å². The molecule has 2 atom stereocenters. The predicted molar refractivity (Wildman–Crippen MR) is 81.0 cm³/mol. The third kappa shape index (κ3) is 2.32. The van der Waals surface area contributed by atoms with Crippen molar-refractivity contribution in [2.24, 2.45) is 0 Å². The smallest absolute Gasteiger partial charge is 0.125 e. The Hall–Kier alpha value is -1.52. The summed E-state index contributed by atoms with van der Waals surface area (Å²) in [5, 5.41) is 0.734. The first kappa shape index (κ1) is 13.2. The molecule has 4 heterocycles. The number of hydrogen-bond acceptors (Lipinski definition) is 4. The van der Waals surface area contributed by atoms with Gasteiger partial charge in [0.25, 0.3) is 0 Å².